The van der Waals surface area contributed by atoms with Gasteiger partial charge in [0.05, 0.1) is 7.11 Å². The summed E-state index contributed by atoms with van der Waals surface area (Å²) in [5.41, 5.74) is -0.562. The highest BCUT2D eigenvalue weighted by Gasteiger charge is 2.47. The van der Waals surface area contributed by atoms with Crippen LogP contribution in [0.15, 0.2) is 30.3 Å². The molecule has 0 aromatic heterocycles. The molecule has 1 aromatic carbocycles. The predicted molar refractivity (Wildman–Crippen MR) is 80.2 cm³/mol. The molecule has 0 spiro atoms. The van der Waals surface area contributed by atoms with Crippen molar-refractivity contribution in [3.63, 3.8) is 0 Å². The third kappa shape index (κ3) is 3.38. The Balaban J connectivity index is 1.70. The van der Waals surface area contributed by atoms with Crippen LogP contribution in [-0.4, -0.2) is 30.8 Å². The molecule has 2 fully saturated rings. The molecule has 2 aliphatic rings. The number of hydrogen-bond donors (Lipinski definition) is 1. The molecular weight excluding hydrogens is 266 g/mol. The first-order chi connectivity index (χ1) is 10.2. The Labute approximate surface area is 125 Å². The van der Waals surface area contributed by atoms with Crippen molar-refractivity contribution in [1.29, 1.82) is 0 Å². The molecule has 0 amide bonds. The van der Waals surface area contributed by atoms with Gasteiger partial charge in [-0.2, -0.15) is 0 Å². The molecule has 0 bridgehead atoms. The summed E-state index contributed by atoms with van der Waals surface area (Å²) in [7, 11) is 1.47. The molecule has 21 heavy (non-hydrogen) atoms. The molecule has 3 rings (SSSR count). The van der Waals surface area contributed by atoms with Crippen molar-refractivity contribution in [2.75, 3.05) is 7.11 Å². The molecule has 4 nitrogen and oxygen atoms in total. The summed E-state index contributed by atoms with van der Waals surface area (Å²) < 4.78 is 11.1. The lowest BCUT2D eigenvalue weighted by molar-refractivity contribution is -0.151. The van der Waals surface area contributed by atoms with Gasteiger partial charge in [-0.15, -0.1) is 0 Å². The van der Waals surface area contributed by atoms with E-state index in [9.17, 15) is 4.79 Å². The Morgan fingerprint density at radius 1 is 1.24 bits per heavy atom. The number of carbonyl (C=O) groups excluding carboxylic acids is 1. The Bertz CT molecular complexity index is 486. The smallest absolute Gasteiger partial charge is 0.326 e. The number of ether oxygens (including phenoxy) is 2. The van der Waals surface area contributed by atoms with Gasteiger partial charge in [0.2, 0.25) is 0 Å². The number of para-hydroxylation sites is 1. The van der Waals surface area contributed by atoms with Crippen molar-refractivity contribution in [1.82, 2.24) is 5.32 Å². The zero-order valence-electron chi connectivity index (χ0n) is 12.5. The molecule has 1 aromatic rings. The normalized spacial score (nSPS) is 28.9. The van der Waals surface area contributed by atoms with Crippen LogP contribution in [0.1, 0.15) is 38.5 Å². The van der Waals surface area contributed by atoms with Gasteiger partial charge in [-0.05, 0) is 44.2 Å². The Morgan fingerprint density at radius 3 is 2.67 bits per heavy atom. The van der Waals surface area contributed by atoms with Crippen LogP contribution in [0.5, 0.6) is 5.75 Å². The van der Waals surface area contributed by atoms with Crippen LogP contribution in [0.4, 0.5) is 0 Å². The predicted octanol–water partition coefficient (Wildman–Crippen LogP) is 2.67. The molecule has 2 saturated carbocycles. The van der Waals surface area contributed by atoms with E-state index >= 15 is 0 Å². The molecule has 114 valence electrons. The second-order valence-corrected chi connectivity index (χ2v) is 6.14. The lowest BCUT2D eigenvalue weighted by Crippen LogP contribution is -2.57. The summed E-state index contributed by atoms with van der Waals surface area (Å²) in [6, 6.07) is 10.3. The lowest BCUT2D eigenvalue weighted by atomic mass is 9.79. The van der Waals surface area contributed by atoms with Crippen LogP contribution in [-0.2, 0) is 9.53 Å². The number of hydrogen-bond acceptors (Lipinski definition) is 4. The monoisotopic (exact) mass is 289 g/mol. The average molecular weight is 289 g/mol. The Hall–Kier alpha value is -1.55. The molecular formula is C17H23NO3. The summed E-state index contributed by atoms with van der Waals surface area (Å²) in [5.74, 6) is 0.727. The van der Waals surface area contributed by atoms with Gasteiger partial charge >= 0.3 is 5.97 Å². The Morgan fingerprint density at radius 2 is 2.00 bits per heavy atom. The van der Waals surface area contributed by atoms with Gasteiger partial charge in [0.1, 0.15) is 17.4 Å². The fourth-order valence-corrected chi connectivity index (χ4v) is 3.21. The quantitative estimate of drug-likeness (QED) is 0.847. The third-order valence-electron chi connectivity index (χ3n) is 4.39. The van der Waals surface area contributed by atoms with Gasteiger partial charge in [0.15, 0.2) is 0 Å². The minimum atomic E-state index is -0.562. The van der Waals surface area contributed by atoms with Crippen LogP contribution in [0, 0.1) is 0 Å². The third-order valence-corrected chi connectivity index (χ3v) is 4.39. The summed E-state index contributed by atoms with van der Waals surface area (Å²) in [4.78, 5) is 12.3. The van der Waals surface area contributed by atoms with Gasteiger partial charge in [0.25, 0.3) is 0 Å². The highest BCUT2D eigenvalue weighted by molar-refractivity contribution is 5.81. The maximum atomic E-state index is 12.3. The van der Waals surface area contributed by atoms with E-state index in [1.165, 1.54) is 7.11 Å². The number of rotatable bonds is 5. The molecule has 1 N–H and O–H groups in total. The minimum Gasteiger partial charge on any atom is -0.490 e. The molecule has 2 unspecified atom stereocenters. The molecule has 0 aliphatic heterocycles. The fourth-order valence-electron chi connectivity index (χ4n) is 3.21. The molecule has 2 atom stereocenters. The number of nitrogens with one attached hydrogen (secondary N) is 1. The van der Waals surface area contributed by atoms with Crippen LogP contribution in [0.25, 0.3) is 0 Å². The zero-order chi connectivity index (χ0) is 14.7. The number of benzene rings is 1. The first-order valence-corrected chi connectivity index (χ1v) is 7.80. The maximum Gasteiger partial charge on any atom is 0.326 e. The Kier molecular flexibility index (Phi) is 4.15. The van der Waals surface area contributed by atoms with Crippen molar-refractivity contribution >= 4 is 5.97 Å². The highest BCUT2D eigenvalue weighted by atomic mass is 16.5. The van der Waals surface area contributed by atoms with Crippen molar-refractivity contribution in [2.45, 2.75) is 56.2 Å². The van der Waals surface area contributed by atoms with E-state index in [0.717, 1.165) is 37.9 Å². The molecule has 0 radical (unpaired) electrons. The van der Waals surface area contributed by atoms with E-state index in [1.54, 1.807) is 0 Å². The topological polar surface area (TPSA) is 47.6 Å². The van der Waals surface area contributed by atoms with Crippen molar-refractivity contribution in [3.05, 3.63) is 30.3 Å². The zero-order valence-corrected chi connectivity index (χ0v) is 12.5. The number of esters is 1. The second kappa shape index (κ2) is 6.06. The first-order valence-electron chi connectivity index (χ1n) is 7.80. The summed E-state index contributed by atoms with van der Waals surface area (Å²) >= 11 is 0. The molecule has 2 aliphatic carbocycles. The van der Waals surface area contributed by atoms with E-state index in [0.29, 0.717) is 12.5 Å². The fraction of sp³-hybridized carbons (Fsp3) is 0.588. The van der Waals surface area contributed by atoms with Gasteiger partial charge in [0, 0.05) is 12.5 Å². The van der Waals surface area contributed by atoms with E-state index in [4.69, 9.17) is 9.47 Å². The maximum absolute atomic E-state index is 12.3. The summed E-state index contributed by atoms with van der Waals surface area (Å²) in [6.07, 6.45) is 5.86. The van der Waals surface area contributed by atoms with E-state index in [1.807, 2.05) is 30.3 Å². The number of carbonyl (C=O) groups is 1. The van der Waals surface area contributed by atoms with Crippen LogP contribution in [0.2, 0.25) is 0 Å². The largest absolute Gasteiger partial charge is 0.490 e. The van der Waals surface area contributed by atoms with Crippen molar-refractivity contribution < 1.29 is 14.3 Å². The molecule has 4 heteroatoms. The van der Waals surface area contributed by atoms with Gasteiger partial charge in [-0.1, -0.05) is 18.2 Å². The van der Waals surface area contributed by atoms with Crippen LogP contribution >= 0.6 is 0 Å². The number of methoxy groups -OCH3 is 1. The van der Waals surface area contributed by atoms with Gasteiger partial charge < -0.3 is 9.47 Å². The molecule has 0 heterocycles. The van der Waals surface area contributed by atoms with Crippen LogP contribution < -0.4 is 10.1 Å². The summed E-state index contributed by atoms with van der Waals surface area (Å²) in [6.45, 7) is 0. The second-order valence-electron chi connectivity index (χ2n) is 6.14. The van der Waals surface area contributed by atoms with Gasteiger partial charge in [-0.3, -0.25) is 10.1 Å². The minimum absolute atomic E-state index is 0.0616. The summed E-state index contributed by atoms with van der Waals surface area (Å²) in [5, 5.41) is 3.52. The van der Waals surface area contributed by atoms with Gasteiger partial charge in [-0.25, -0.2) is 0 Å². The first kappa shape index (κ1) is 14.4. The van der Waals surface area contributed by atoms with Crippen molar-refractivity contribution in [2.24, 2.45) is 0 Å². The SMILES string of the molecule is COC(=O)C1(NC2CC2)CCCC(Oc2ccccc2)C1. The average Bonchev–Trinajstić information content (AvgIpc) is 3.31. The van der Waals surface area contributed by atoms with Crippen molar-refractivity contribution in [3.8, 4) is 5.75 Å². The van der Waals surface area contributed by atoms with E-state index in [-0.39, 0.29) is 12.1 Å². The highest BCUT2D eigenvalue weighted by Crippen LogP contribution is 2.35. The van der Waals surface area contributed by atoms with Crippen LogP contribution in [0.3, 0.4) is 0 Å². The molecule has 0 saturated heterocycles. The standard InChI is InChI=1S/C17H23NO3/c1-20-16(19)17(18-13-9-10-13)11-5-8-15(12-17)21-14-6-3-2-4-7-14/h2-4,6-7,13,15,18H,5,8-12H2,1H3. The van der Waals surface area contributed by atoms with E-state index in [2.05, 4.69) is 5.32 Å². The van der Waals surface area contributed by atoms with E-state index < -0.39 is 5.54 Å². The lowest BCUT2D eigenvalue weighted by Gasteiger charge is -2.39.